The van der Waals surface area contributed by atoms with Crippen molar-refractivity contribution < 1.29 is 22.0 Å². The first-order chi connectivity index (χ1) is 8.92. The van der Waals surface area contributed by atoms with Crippen molar-refractivity contribution in [1.82, 2.24) is 0 Å². The highest BCUT2D eigenvalue weighted by molar-refractivity contribution is 7.18. The van der Waals surface area contributed by atoms with E-state index in [1.807, 2.05) is 17.4 Å². The molecule has 0 fully saturated rings. The first-order valence-corrected chi connectivity index (χ1v) is 6.85. The third-order valence-corrected chi connectivity index (χ3v) is 3.90. The van der Waals surface area contributed by atoms with Gasteiger partial charge in [-0.05, 0) is 11.6 Å². The summed E-state index contributed by atoms with van der Waals surface area (Å²) in [4.78, 5) is 3.45. The number of rotatable bonds is 3. The Balaban J connectivity index is 0.00000133. The Morgan fingerprint density at radius 2 is 1.68 bits per heavy atom. The highest BCUT2D eigenvalue weighted by atomic mass is 79.9. The minimum absolute atomic E-state index is 0. The number of nitrogens with one attached hydrogen (secondary N) is 1. The third-order valence-electron chi connectivity index (χ3n) is 2.81. The quantitative estimate of drug-likeness (QED) is 0.679. The third kappa shape index (κ3) is 3.52. The fourth-order valence-corrected chi connectivity index (χ4v) is 2.91. The maximum absolute atomic E-state index is 3.45. The van der Waals surface area contributed by atoms with Gasteiger partial charge in [0.05, 0.1) is 6.42 Å². The number of allylic oxidation sites excluding steroid dienone is 1. The monoisotopic (exact) mass is 331 g/mol. The lowest BCUT2D eigenvalue weighted by atomic mass is 10.2. The second-order valence-corrected chi connectivity index (χ2v) is 5.30. The van der Waals surface area contributed by atoms with Crippen molar-refractivity contribution >= 4 is 27.6 Å². The summed E-state index contributed by atoms with van der Waals surface area (Å²) in [6.07, 6.45) is 5.32. The number of hydrogen-bond donors (Lipinski definition) is 0. The maximum atomic E-state index is 3.45. The van der Waals surface area contributed by atoms with Crippen LogP contribution in [0.15, 0.2) is 60.7 Å². The van der Waals surface area contributed by atoms with E-state index in [4.69, 9.17) is 0 Å². The standard InChI is InChI=1S/C16H13NS.BrH/c1-2-7-13(8-3-1)9-6-12-16-17-14-10-4-5-11-15(14)18-16;/h1-11H,12H2;1H. The van der Waals surface area contributed by atoms with Crippen molar-refractivity contribution in [2.24, 2.45) is 0 Å². The molecule has 3 heteroatoms. The SMILES string of the molecule is C(=Cc1ccccc1)Cc1[nH+]c2ccccc2s1.[Br-]. The molecule has 19 heavy (non-hydrogen) atoms. The van der Waals surface area contributed by atoms with Gasteiger partial charge in [0.15, 0.2) is 0 Å². The zero-order valence-corrected chi connectivity index (χ0v) is 12.7. The molecule has 0 aliphatic rings. The minimum atomic E-state index is 0. The number of H-pyrrole nitrogens is 1. The van der Waals surface area contributed by atoms with E-state index in [0.717, 1.165) is 6.42 Å². The van der Waals surface area contributed by atoms with Crippen LogP contribution in [0.25, 0.3) is 16.3 Å². The Labute approximate surface area is 127 Å². The van der Waals surface area contributed by atoms with E-state index in [-0.39, 0.29) is 17.0 Å². The molecule has 0 spiro atoms. The Morgan fingerprint density at radius 1 is 0.947 bits per heavy atom. The van der Waals surface area contributed by atoms with E-state index in [1.54, 1.807) is 0 Å². The van der Waals surface area contributed by atoms with E-state index in [2.05, 4.69) is 65.7 Å². The van der Waals surface area contributed by atoms with Crippen LogP contribution in [-0.4, -0.2) is 0 Å². The number of thiazole rings is 1. The van der Waals surface area contributed by atoms with Gasteiger partial charge in [0, 0.05) is 6.07 Å². The number of para-hydroxylation sites is 1. The van der Waals surface area contributed by atoms with Crippen LogP contribution in [0.5, 0.6) is 0 Å². The smallest absolute Gasteiger partial charge is 0.240 e. The van der Waals surface area contributed by atoms with Gasteiger partial charge in [0.1, 0.15) is 4.70 Å². The number of halogens is 1. The van der Waals surface area contributed by atoms with Crippen molar-refractivity contribution in [1.29, 1.82) is 0 Å². The van der Waals surface area contributed by atoms with Gasteiger partial charge in [0.2, 0.25) is 10.5 Å². The number of hydrogen-bond acceptors (Lipinski definition) is 1. The predicted octanol–water partition coefficient (Wildman–Crippen LogP) is 0.975. The minimum Gasteiger partial charge on any atom is -1.00 e. The molecule has 0 bridgehead atoms. The van der Waals surface area contributed by atoms with Crippen LogP contribution in [0, 0.1) is 0 Å². The zero-order valence-electron chi connectivity index (χ0n) is 10.3. The topological polar surface area (TPSA) is 14.1 Å². The lowest BCUT2D eigenvalue weighted by molar-refractivity contribution is -0.349. The van der Waals surface area contributed by atoms with E-state index in [9.17, 15) is 0 Å². The summed E-state index contributed by atoms with van der Waals surface area (Å²) >= 11 is 1.83. The van der Waals surface area contributed by atoms with Crippen LogP contribution in [0.2, 0.25) is 0 Å². The lowest BCUT2D eigenvalue weighted by Gasteiger charge is -1.89. The van der Waals surface area contributed by atoms with Crippen LogP contribution in [0.4, 0.5) is 0 Å². The molecule has 1 heterocycles. The number of fused-ring (bicyclic) bond motifs is 1. The predicted molar refractivity (Wildman–Crippen MR) is 77.6 cm³/mol. The van der Waals surface area contributed by atoms with Crippen molar-refractivity contribution in [3.63, 3.8) is 0 Å². The van der Waals surface area contributed by atoms with E-state index < -0.39 is 0 Å². The normalized spacial score (nSPS) is 10.7. The average Bonchev–Trinajstić information content (AvgIpc) is 2.82. The maximum Gasteiger partial charge on any atom is 0.240 e. The lowest BCUT2D eigenvalue weighted by Crippen LogP contribution is -3.00. The molecule has 0 saturated carbocycles. The number of benzene rings is 2. The number of aromatic amines is 1. The average molecular weight is 332 g/mol. The van der Waals surface area contributed by atoms with Gasteiger partial charge < -0.3 is 17.0 Å². The van der Waals surface area contributed by atoms with Crippen LogP contribution in [0.3, 0.4) is 0 Å². The molecule has 0 unspecified atom stereocenters. The first-order valence-electron chi connectivity index (χ1n) is 6.03. The van der Waals surface area contributed by atoms with Gasteiger partial charge in [-0.1, -0.05) is 66.0 Å². The summed E-state index contributed by atoms with van der Waals surface area (Å²) in [5.74, 6) is 0. The van der Waals surface area contributed by atoms with Crippen LogP contribution in [-0.2, 0) is 6.42 Å². The molecule has 0 atom stereocenters. The van der Waals surface area contributed by atoms with Crippen LogP contribution >= 0.6 is 11.3 Å². The molecule has 0 aliphatic heterocycles. The first kappa shape index (κ1) is 14.0. The zero-order chi connectivity index (χ0) is 12.2. The molecule has 0 radical (unpaired) electrons. The molecule has 1 N–H and O–H groups in total. The largest absolute Gasteiger partial charge is 1.00 e. The second-order valence-electron chi connectivity index (χ2n) is 4.16. The van der Waals surface area contributed by atoms with Crippen molar-refractivity contribution in [3.8, 4) is 0 Å². The molecule has 96 valence electrons. The molecule has 3 aromatic rings. The van der Waals surface area contributed by atoms with E-state index in [0.29, 0.717) is 0 Å². The van der Waals surface area contributed by atoms with Crippen LogP contribution < -0.4 is 22.0 Å². The molecule has 2 aromatic carbocycles. The van der Waals surface area contributed by atoms with Gasteiger partial charge in [-0.2, -0.15) is 4.98 Å². The van der Waals surface area contributed by atoms with Crippen molar-refractivity contribution in [2.45, 2.75) is 6.42 Å². The van der Waals surface area contributed by atoms with Crippen molar-refractivity contribution in [3.05, 3.63) is 71.2 Å². The van der Waals surface area contributed by atoms with Crippen molar-refractivity contribution in [2.75, 3.05) is 0 Å². The van der Waals surface area contributed by atoms with Gasteiger partial charge in [-0.15, -0.1) is 0 Å². The molecular weight excluding hydrogens is 318 g/mol. The molecule has 3 rings (SSSR count). The summed E-state index contributed by atoms with van der Waals surface area (Å²) in [5, 5.41) is 1.29. The van der Waals surface area contributed by atoms with Gasteiger partial charge in [-0.25, -0.2) is 0 Å². The summed E-state index contributed by atoms with van der Waals surface area (Å²) in [7, 11) is 0. The van der Waals surface area contributed by atoms with Gasteiger partial charge in [-0.3, -0.25) is 0 Å². The molecule has 1 nitrogen and oxygen atoms in total. The summed E-state index contributed by atoms with van der Waals surface area (Å²) < 4.78 is 1.32. The van der Waals surface area contributed by atoms with E-state index in [1.165, 1.54) is 20.8 Å². The molecule has 0 amide bonds. The Bertz CT molecular complexity index is 640. The highest BCUT2D eigenvalue weighted by Gasteiger charge is 2.07. The summed E-state index contributed by atoms with van der Waals surface area (Å²) in [5.41, 5.74) is 2.48. The van der Waals surface area contributed by atoms with Gasteiger partial charge >= 0.3 is 0 Å². The Kier molecular flexibility index (Phi) is 4.88. The highest BCUT2D eigenvalue weighted by Crippen LogP contribution is 2.18. The fourth-order valence-electron chi connectivity index (χ4n) is 1.93. The molecule has 0 saturated heterocycles. The molecule has 1 aromatic heterocycles. The Hall–Kier alpha value is -1.45. The molecular formula is C16H14BrNS. The van der Waals surface area contributed by atoms with Gasteiger partial charge in [0.25, 0.3) is 0 Å². The Morgan fingerprint density at radius 3 is 2.47 bits per heavy atom. The summed E-state index contributed by atoms with van der Waals surface area (Å²) in [6, 6.07) is 18.8. The molecule has 0 aliphatic carbocycles. The number of aromatic nitrogens is 1. The fraction of sp³-hybridized carbons (Fsp3) is 0.0625. The summed E-state index contributed by atoms with van der Waals surface area (Å²) in [6.45, 7) is 0. The van der Waals surface area contributed by atoms with Crippen LogP contribution in [0.1, 0.15) is 10.6 Å². The van der Waals surface area contributed by atoms with E-state index >= 15 is 0 Å². The second kappa shape index (κ2) is 6.64.